The van der Waals surface area contributed by atoms with Gasteiger partial charge in [-0.15, -0.1) is 0 Å². The SMILES string of the molecule is N=C(N)c1ccc(OCC2CC2)cc1Cl. The Morgan fingerprint density at radius 1 is 1.53 bits per heavy atom. The van der Waals surface area contributed by atoms with E-state index in [0.717, 1.165) is 18.3 Å². The molecular formula is C11H13ClN2O. The summed E-state index contributed by atoms with van der Waals surface area (Å²) >= 11 is 5.95. The van der Waals surface area contributed by atoms with Crippen LogP contribution in [0.1, 0.15) is 18.4 Å². The number of nitrogen functional groups attached to an aromatic ring is 1. The zero-order chi connectivity index (χ0) is 10.8. The molecule has 1 aliphatic carbocycles. The third-order valence-electron chi connectivity index (χ3n) is 2.41. The molecule has 0 aliphatic heterocycles. The van der Waals surface area contributed by atoms with Crippen LogP contribution in [0.25, 0.3) is 0 Å². The maximum atomic E-state index is 7.28. The lowest BCUT2D eigenvalue weighted by Crippen LogP contribution is -2.11. The van der Waals surface area contributed by atoms with E-state index in [1.807, 2.05) is 0 Å². The Morgan fingerprint density at radius 3 is 2.80 bits per heavy atom. The fourth-order valence-electron chi connectivity index (χ4n) is 1.30. The summed E-state index contributed by atoms with van der Waals surface area (Å²) in [5.41, 5.74) is 5.91. The first-order valence-corrected chi connectivity index (χ1v) is 5.31. The van der Waals surface area contributed by atoms with Gasteiger partial charge in [0.15, 0.2) is 0 Å². The van der Waals surface area contributed by atoms with Crippen LogP contribution in [0, 0.1) is 11.3 Å². The molecule has 0 saturated heterocycles. The van der Waals surface area contributed by atoms with Gasteiger partial charge in [-0.25, -0.2) is 0 Å². The van der Waals surface area contributed by atoms with Gasteiger partial charge in [0.1, 0.15) is 11.6 Å². The normalized spacial score (nSPS) is 15.0. The second-order valence-corrected chi connectivity index (χ2v) is 4.22. The number of benzene rings is 1. The van der Waals surface area contributed by atoms with Gasteiger partial charge in [0, 0.05) is 5.56 Å². The molecule has 0 heterocycles. The first-order chi connectivity index (χ1) is 7.16. The standard InChI is InChI=1S/C11H13ClN2O/c12-10-5-8(15-6-7-1-2-7)3-4-9(10)11(13)14/h3-5,7H,1-2,6H2,(H3,13,14). The number of nitrogens with one attached hydrogen (secondary N) is 1. The van der Waals surface area contributed by atoms with Crippen molar-refractivity contribution in [1.82, 2.24) is 0 Å². The molecule has 4 heteroatoms. The molecule has 0 radical (unpaired) electrons. The average Bonchev–Trinajstić information content (AvgIpc) is 2.97. The van der Waals surface area contributed by atoms with Gasteiger partial charge in [0.2, 0.25) is 0 Å². The number of halogens is 1. The maximum Gasteiger partial charge on any atom is 0.124 e. The van der Waals surface area contributed by atoms with E-state index in [4.69, 9.17) is 27.5 Å². The van der Waals surface area contributed by atoms with Crippen molar-refractivity contribution in [3.63, 3.8) is 0 Å². The van der Waals surface area contributed by atoms with Crippen LogP contribution < -0.4 is 10.5 Å². The summed E-state index contributed by atoms with van der Waals surface area (Å²) < 4.78 is 5.55. The first-order valence-electron chi connectivity index (χ1n) is 4.93. The van der Waals surface area contributed by atoms with Crippen molar-refractivity contribution in [3.8, 4) is 5.75 Å². The summed E-state index contributed by atoms with van der Waals surface area (Å²) in [5, 5.41) is 7.75. The highest BCUT2D eigenvalue weighted by Gasteiger charge is 2.21. The molecule has 1 aromatic rings. The lowest BCUT2D eigenvalue weighted by Gasteiger charge is -2.07. The minimum Gasteiger partial charge on any atom is -0.493 e. The van der Waals surface area contributed by atoms with Crippen molar-refractivity contribution in [2.24, 2.45) is 11.7 Å². The quantitative estimate of drug-likeness (QED) is 0.610. The molecule has 80 valence electrons. The van der Waals surface area contributed by atoms with Gasteiger partial charge in [-0.05, 0) is 37.0 Å². The average molecular weight is 225 g/mol. The topological polar surface area (TPSA) is 59.1 Å². The molecular weight excluding hydrogens is 212 g/mol. The summed E-state index contributed by atoms with van der Waals surface area (Å²) in [7, 11) is 0. The van der Waals surface area contributed by atoms with E-state index < -0.39 is 0 Å². The Bertz CT molecular complexity index is 388. The monoisotopic (exact) mass is 224 g/mol. The Kier molecular flexibility index (Phi) is 2.82. The number of rotatable bonds is 4. The molecule has 0 amide bonds. The molecule has 1 saturated carbocycles. The summed E-state index contributed by atoms with van der Waals surface area (Å²) in [6.07, 6.45) is 2.53. The summed E-state index contributed by atoms with van der Waals surface area (Å²) in [4.78, 5) is 0. The van der Waals surface area contributed by atoms with Crippen molar-refractivity contribution >= 4 is 17.4 Å². The Morgan fingerprint density at radius 2 is 2.27 bits per heavy atom. The van der Waals surface area contributed by atoms with Crippen molar-refractivity contribution in [3.05, 3.63) is 28.8 Å². The number of hydrogen-bond donors (Lipinski definition) is 2. The van der Waals surface area contributed by atoms with Gasteiger partial charge in [0.25, 0.3) is 0 Å². The van der Waals surface area contributed by atoms with Crippen LogP contribution in [0.2, 0.25) is 5.02 Å². The molecule has 2 rings (SSSR count). The van der Waals surface area contributed by atoms with Crippen LogP contribution >= 0.6 is 11.6 Å². The second kappa shape index (κ2) is 4.11. The van der Waals surface area contributed by atoms with E-state index in [-0.39, 0.29) is 5.84 Å². The lowest BCUT2D eigenvalue weighted by atomic mass is 10.2. The van der Waals surface area contributed by atoms with Gasteiger partial charge < -0.3 is 10.5 Å². The predicted octanol–water partition coefficient (Wildman–Crippen LogP) is 2.41. The van der Waals surface area contributed by atoms with Gasteiger partial charge in [-0.1, -0.05) is 11.6 Å². The van der Waals surface area contributed by atoms with Gasteiger partial charge >= 0.3 is 0 Å². The summed E-state index contributed by atoms with van der Waals surface area (Å²) in [5.74, 6) is 1.45. The van der Waals surface area contributed by atoms with Crippen molar-refractivity contribution in [2.45, 2.75) is 12.8 Å². The van der Waals surface area contributed by atoms with E-state index in [0.29, 0.717) is 10.6 Å². The minimum absolute atomic E-state index is 0.0197. The highest BCUT2D eigenvalue weighted by Crippen LogP contribution is 2.30. The van der Waals surface area contributed by atoms with E-state index in [9.17, 15) is 0 Å². The van der Waals surface area contributed by atoms with Crippen LogP contribution in [0.4, 0.5) is 0 Å². The lowest BCUT2D eigenvalue weighted by molar-refractivity contribution is 0.300. The third-order valence-corrected chi connectivity index (χ3v) is 2.73. The Balaban J connectivity index is 2.06. The van der Waals surface area contributed by atoms with Crippen LogP contribution in [0.15, 0.2) is 18.2 Å². The predicted molar refractivity (Wildman–Crippen MR) is 60.7 cm³/mol. The smallest absolute Gasteiger partial charge is 0.124 e. The van der Waals surface area contributed by atoms with E-state index in [2.05, 4.69) is 0 Å². The fraction of sp³-hybridized carbons (Fsp3) is 0.364. The van der Waals surface area contributed by atoms with Crippen LogP contribution in [0.3, 0.4) is 0 Å². The summed E-state index contributed by atoms with van der Waals surface area (Å²) in [6, 6.07) is 5.22. The number of nitrogens with two attached hydrogens (primary N) is 1. The van der Waals surface area contributed by atoms with Crippen LogP contribution in [-0.4, -0.2) is 12.4 Å². The second-order valence-electron chi connectivity index (χ2n) is 3.81. The fourth-order valence-corrected chi connectivity index (χ4v) is 1.57. The van der Waals surface area contributed by atoms with Gasteiger partial charge in [0.05, 0.1) is 11.6 Å². The molecule has 1 fully saturated rings. The first kappa shape index (κ1) is 10.3. The summed E-state index contributed by atoms with van der Waals surface area (Å²) in [6.45, 7) is 0.760. The van der Waals surface area contributed by atoms with Crippen molar-refractivity contribution in [2.75, 3.05) is 6.61 Å². The molecule has 1 aliphatic rings. The van der Waals surface area contributed by atoms with E-state index >= 15 is 0 Å². The maximum absolute atomic E-state index is 7.28. The van der Waals surface area contributed by atoms with Crippen LogP contribution in [0.5, 0.6) is 5.75 Å². The molecule has 0 spiro atoms. The molecule has 1 aromatic carbocycles. The van der Waals surface area contributed by atoms with Gasteiger partial charge in [-0.3, -0.25) is 5.41 Å². The minimum atomic E-state index is -0.0197. The zero-order valence-corrected chi connectivity index (χ0v) is 9.05. The van der Waals surface area contributed by atoms with Gasteiger partial charge in [-0.2, -0.15) is 0 Å². The number of hydrogen-bond acceptors (Lipinski definition) is 2. The third kappa shape index (κ3) is 2.63. The van der Waals surface area contributed by atoms with Crippen molar-refractivity contribution in [1.29, 1.82) is 5.41 Å². The molecule has 15 heavy (non-hydrogen) atoms. The highest BCUT2D eigenvalue weighted by atomic mass is 35.5. The number of ether oxygens (including phenoxy) is 1. The molecule has 3 N–H and O–H groups in total. The van der Waals surface area contributed by atoms with Crippen molar-refractivity contribution < 1.29 is 4.74 Å². The van der Waals surface area contributed by atoms with Crippen LogP contribution in [-0.2, 0) is 0 Å². The highest BCUT2D eigenvalue weighted by molar-refractivity contribution is 6.34. The molecule has 0 atom stereocenters. The Hall–Kier alpha value is -1.22. The zero-order valence-electron chi connectivity index (χ0n) is 8.29. The molecule has 3 nitrogen and oxygen atoms in total. The largest absolute Gasteiger partial charge is 0.493 e. The number of amidine groups is 1. The Labute approximate surface area is 93.7 Å². The molecule has 0 aromatic heterocycles. The molecule has 0 unspecified atom stereocenters. The molecule has 0 bridgehead atoms. The van der Waals surface area contributed by atoms with E-state index in [1.54, 1.807) is 18.2 Å². The van der Waals surface area contributed by atoms with E-state index in [1.165, 1.54) is 12.8 Å².